The second kappa shape index (κ2) is 5.09. The minimum Gasteiger partial charge on any atom is -0.464 e. The average molecular weight is 266 g/mol. The lowest BCUT2D eigenvalue weighted by atomic mass is 10.2. The molecule has 0 bridgehead atoms. The van der Waals surface area contributed by atoms with Gasteiger partial charge in [0.1, 0.15) is 17.3 Å². The predicted molar refractivity (Wildman–Crippen MR) is 65.6 cm³/mol. The molecular formula is C13H12F2N2O2. The molecule has 19 heavy (non-hydrogen) atoms. The summed E-state index contributed by atoms with van der Waals surface area (Å²) in [5, 5.41) is 0. The highest BCUT2D eigenvalue weighted by molar-refractivity contribution is 5.89. The fourth-order valence-electron chi connectivity index (χ4n) is 1.77. The zero-order valence-electron chi connectivity index (χ0n) is 10.2. The molecular weight excluding hydrogens is 254 g/mol. The summed E-state index contributed by atoms with van der Waals surface area (Å²) < 4.78 is 32.4. The molecule has 0 saturated carbocycles. The monoisotopic (exact) mass is 266 g/mol. The van der Waals surface area contributed by atoms with Crippen molar-refractivity contribution in [3.05, 3.63) is 53.4 Å². The summed E-state index contributed by atoms with van der Waals surface area (Å²) in [7, 11) is 1.24. The van der Waals surface area contributed by atoms with Gasteiger partial charge < -0.3 is 15.0 Å². The van der Waals surface area contributed by atoms with Crippen LogP contribution in [-0.4, -0.2) is 17.6 Å². The zero-order chi connectivity index (χ0) is 14.0. The van der Waals surface area contributed by atoms with Gasteiger partial charge in [0.25, 0.3) is 0 Å². The number of benzene rings is 1. The number of nitrogens with two attached hydrogens (primary N) is 1. The van der Waals surface area contributed by atoms with Crippen LogP contribution in [0, 0.1) is 11.6 Å². The fraction of sp³-hybridized carbons (Fsp3) is 0.154. The van der Waals surface area contributed by atoms with Crippen LogP contribution in [0.15, 0.2) is 30.5 Å². The molecule has 0 amide bonds. The normalized spacial score (nSPS) is 10.5. The summed E-state index contributed by atoms with van der Waals surface area (Å²) in [5.74, 6) is -1.90. The summed E-state index contributed by atoms with van der Waals surface area (Å²) in [6, 6.07) is 4.71. The molecule has 0 spiro atoms. The summed E-state index contributed by atoms with van der Waals surface area (Å²) in [4.78, 5) is 11.5. The largest absolute Gasteiger partial charge is 0.464 e. The minimum absolute atomic E-state index is 0.0632. The minimum atomic E-state index is -0.678. The Morgan fingerprint density at radius 3 is 2.74 bits per heavy atom. The quantitative estimate of drug-likeness (QED) is 0.866. The van der Waals surface area contributed by atoms with E-state index in [1.165, 1.54) is 30.0 Å². The van der Waals surface area contributed by atoms with Crippen molar-refractivity contribution >= 4 is 11.7 Å². The molecule has 0 atom stereocenters. The number of hydrogen-bond donors (Lipinski definition) is 1. The first-order chi connectivity index (χ1) is 9.01. The Hall–Kier alpha value is -2.37. The Balaban J connectivity index is 2.35. The number of rotatable bonds is 3. The highest BCUT2D eigenvalue weighted by Crippen LogP contribution is 2.16. The molecule has 0 fully saturated rings. The van der Waals surface area contributed by atoms with Crippen molar-refractivity contribution in [1.82, 2.24) is 4.57 Å². The van der Waals surface area contributed by atoms with Gasteiger partial charge in [-0.25, -0.2) is 13.6 Å². The maximum atomic E-state index is 13.6. The molecule has 0 unspecified atom stereocenters. The fourth-order valence-corrected chi connectivity index (χ4v) is 1.77. The number of ether oxygens (including phenoxy) is 1. The highest BCUT2D eigenvalue weighted by atomic mass is 19.1. The van der Waals surface area contributed by atoms with Gasteiger partial charge >= 0.3 is 5.97 Å². The third kappa shape index (κ3) is 2.73. The smallest absolute Gasteiger partial charge is 0.354 e. The molecule has 4 nitrogen and oxygen atoms in total. The van der Waals surface area contributed by atoms with Gasteiger partial charge in [0.15, 0.2) is 0 Å². The third-order valence-electron chi connectivity index (χ3n) is 2.67. The van der Waals surface area contributed by atoms with Crippen molar-refractivity contribution in [2.75, 3.05) is 12.8 Å². The molecule has 1 aromatic heterocycles. The Labute approximate surface area is 108 Å². The Kier molecular flexibility index (Phi) is 3.50. The number of halogens is 2. The predicted octanol–water partition coefficient (Wildman–Crippen LogP) is 2.18. The van der Waals surface area contributed by atoms with Crippen molar-refractivity contribution in [2.24, 2.45) is 0 Å². The molecule has 2 rings (SSSR count). The van der Waals surface area contributed by atoms with E-state index in [1.54, 1.807) is 0 Å². The molecule has 100 valence electrons. The number of esters is 1. The maximum Gasteiger partial charge on any atom is 0.354 e. The summed E-state index contributed by atoms with van der Waals surface area (Å²) >= 11 is 0. The van der Waals surface area contributed by atoms with Crippen LogP contribution in [-0.2, 0) is 11.3 Å². The van der Waals surface area contributed by atoms with E-state index in [4.69, 9.17) is 5.73 Å². The van der Waals surface area contributed by atoms with E-state index in [0.29, 0.717) is 5.69 Å². The van der Waals surface area contributed by atoms with E-state index < -0.39 is 17.6 Å². The van der Waals surface area contributed by atoms with Gasteiger partial charge in [0, 0.05) is 17.8 Å². The Bertz CT molecular complexity index is 623. The number of aromatic nitrogens is 1. The van der Waals surface area contributed by atoms with Gasteiger partial charge in [0.2, 0.25) is 0 Å². The van der Waals surface area contributed by atoms with Crippen molar-refractivity contribution < 1.29 is 18.3 Å². The summed E-state index contributed by atoms with van der Waals surface area (Å²) in [6.45, 7) is 0.0632. The SMILES string of the molecule is COC(=O)c1cc(N)cn1Cc1ccc(F)cc1F. The van der Waals surface area contributed by atoms with Gasteiger partial charge in [-0.2, -0.15) is 0 Å². The number of hydrogen-bond acceptors (Lipinski definition) is 3. The maximum absolute atomic E-state index is 13.6. The third-order valence-corrected chi connectivity index (χ3v) is 2.67. The van der Waals surface area contributed by atoms with E-state index in [0.717, 1.165) is 12.1 Å². The van der Waals surface area contributed by atoms with E-state index >= 15 is 0 Å². The van der Waals surface area contributed by atoms with Crippen LogP contribution in [0.5, 0.6) is 0 Å². The summed E-state index contributed by atoms with van der Waals surface area (Å²) in [6.07, 6.45) is 1.50. The van der Waals surface area contributed by atoms with Crippen LogP contribution < -0.4 is 5.73 Å². The lowest BCUT2D eigenvalue weighted by Gasteiger charge is -2.08. The van der Waals surface area contributed by atoms with Crippen LogP contribution in [0.1, 0.15) is 16.1 Å². The van der Waals surface area contributed by atoms with Crippen LogP contribution in [0.4, 0.5) is 14.5 Å². The van der Waals surface area contributed by atoms with E-state index in [9.17, 15) is 13.6 Å². The van der Waals surface area contributed by atoms with Crippen molar-refractivity contribution in [3.8, 4) is 0 Å². The number of nitrogen functional groups attached to an aromatic ring is 1. The number of nitrogens with zero attached hydrogens (tertiary/aromatic N) is 1. The van der Waals surface area contributed by atoms with E-state index in [1.807, 2.05) is 0 Å². The standard InChI is InChI=1S/C13H12F2N2O2/c1-19-13(18)12-5-10(16)7-17(12)6-8-2-3-9(14)4-11(8)15/h2-5,7H,6,16H2,1H3. The average Bonchev–Trinajstić information content (AvgIpc) is 2.73. The molecule has 1 heterocycles. The Morgan fingerprint density at radius 2 is 2.11 bits per heavy atom. The zero-order valence-corrected chi connectivity index (χ0v) is 10.2. The van der Waals surface area contributed by atoms with Gasteiger partial charge in [-0.15, -0.1) is 0 Å². The molecule has 6 heteroatoms. The number of carbonyl (C=O) groups is 1. The lowest BCUT2D eigenvalue weighted by Crippen LogP contribution is -2.11. The van der Waals surface area contributed by atoms with Crippen molar-refractivity contribution in [2.45, 2.75) is 6.54 Å². The van der Waals surface area contributed by atoms with Gasteiger partial charge in [-0.3, -0.25) is 0 Å². The van der Waals surface area contributed by atoms with E-state index in [2.05, 4.69) is 4.74 Å². The van der Waals surface area contributed by atoms with Crippen LogP contribution >= 0.6 is 0 Å². The van der Waals surface area contributed by atoms with Crippen molar-refractivity contribution in [3.63, 3.8) is 0 Å². The van der Waals surface area contributed by atoms with Crippen LogP contribution in [0.3, 0.4) is 0 Å². The van der Waals surface area contributed by atoms with Crippen LogP contribution in [0.2, 0.25) is 0 Å². The van der Waals surface area contributed by atoms with Crippen LogP contribution in [0.25, 0.3) is 0 Å². The second-order valence-electron chi connectivity index (χ2n) is 4.01. The molecule has 0 radical (unpaired) electrons. The second-order valence-corrected chi connectivity index (χ2v) is 4.01. The topological polar surface area (TPSA) is 57.2 Å². The number of carbonyl (C=O) groups excluding carboxylic acids is 1. The van der Waals surface area contributed by atoms with Gasteiger partial charge in [0.05, 0.1) is 19.3 Å². The molecule has 1 aromatic carbocycles. The molecule has 0 aliphatic carbocycles. The molecule has 2 aromatic rings. The Morgan fingerprint density at radius 1 is 1.37 bits per heavy atom. The first-order valence-electron chi connectivity index (χ1n) is 5.49. The van der Waals surface area contributed by atoms with Gasteiger partial charge in [-0.1, -0.05) is 6.07 Å². The molecule has 0 saturated heterocycles. The molecule has 0 aliphatic heterocycles. The first kappa shape index (κ1) is 13.1. The van der Waals surface area contributed by atoms with Crippen molar-refractivity contribution in [1.29, 1.82) is 0 Å². The highest BCUT2D eigenvalue weighted by Gasteiger charge is 2.14. The number of methoxy groups -OCH3 is 1. The van der Waals surface area contributed by atoms with E-state index in [-0.39, 0.29) is 17.8 Å². The van der Waals surface area contributed by atoms with Gasteiger partial charge in [-0.05, 0) is 12.1 Å². The molecule has 2 N–H and O–H groups in total. The summed E-state index contributed by atoms with van der Waals surface area (Å²) in [5.41, 5.74) is 6.43. The molecule has 0 aliphatic rings. The lowest BCUT2D eigenvalue weighted by molar-refractivity contribution is 0.0589. The number of anilines is 1. The first-order valence-corrected chi connectivity index (χ1v) is 5.49.